The van der Waals surface area contributed by atoms with E-state index >= 15 is 0 Å². The van der Waals surface area contributed by atoms with Gasteiger partial charge in [0.25, 0.3) is 0 Å². The highest BCUT2D eigenvalue weighted by molar-refractivity contribution is 9.09. The minimum absolute atomic E-state index is 0.116. The van der Waals surface area contributed by atoms with E-state index in [1.165, 1.54) is 0 Å². The van der Waals surface area contributed by atoms with Crippen LogP contribution in [0.15, 0.2) is 12.2 Å². The molecule has 1 aliphatic rings. The number of alkyl halides is 1. The van der Waals surface area contributed by atoms with Crippen molar-refractivity contribution in [1.29, 1.82) is 0 Å². The van der Waals surface area contributed by atoms with Crippen LogP contribution in [0, 0.1) is 0 Å². The second-order valence-corrected chi connectivity index (χ2v) is 2.87. The molecule has 3 heteroatoms. The van der Waals surface area contributed by atoms with Crippen LogP contribution >= 0.6 is 15.9 Å². The van der Waals surface area contributed by atoms with Crippen LogP contribution in [0.2, 0.25) is 0 Å². The summed E-state index contributed by atoms with van der Waals surface area (Å²) in [5.74, 6) is 0. The first-order valence-corrected chi connectivity index (χ1v) is 3.71. The molecule has 0 aromatic rings. The summed E-state index contributed by atoms with van der Waals surface area (Å²) in [5.41, 5.74) is 0. The van der Waals surface area contributed by atoms with Crippen molar-refractivity contribution in [3.63, 3.8) is 0 Å². The highest BCUT2D eigenvalue weighted by atomic mass is 79.9. The molecule has 0 aliphatic carbocycles. The summed E-state index contributed by atoms with van der Waals surface area (Å²) in [5, 5.41) is 0. The van der Waals surface area contributed by atoms with Gasteiger partial charge in [-0.05, 0) is 0 Å². The molecule has 9 heavy (non-hydrogen) atoms. The molecule has 1 rings (SSSR count). The molecule has 2 atom stereocenters. The van der Waals surface area contributed by atoms with Crippen LogP contribution in [0.4, 0.5) is 0 Å². The maximum absolute atomic E-state index is 5.18. The Balaban J connectivity index is 2.44. The number of ether oxygens (including phenoxy) is 2. The Kier molecular flexibility index (Phi) is 2.69. The van der Waals surface area contributed by atoms with Gasteiger partial charge in [0.2, 0.25) is 0 Å². The zero-order valence-corrected chi connectivity index (χ0v) is 6.80. The standard InChI is InChI=1S/C6H9BrO2/c1-8-6-5(7)3-2-4-9-6/h2-3,5-6H,4H2,1H3/t5-,6-/m1/s1. The van der Waals surface area contributed by atoms with Gasteiger partial charge in [-0.1, -0.05) is 28.1 Å². The first-order chi connectivity index (χ1) is 4.34. The van der Waals surface area contributed by atoms with Gasteiger partial charge in [-0.25, -0.2) is 0 Å². The summed E-state index contributed by atoms with van der Waals surface area (Å²) >= 11 is 3.38. The highest BCUT2D eigenvalue weighted by Gasteiger charge is 2.17. The third kappa shape index (κ3) is 1.78. The first-order valence-electron chi connectivity index (χ1n) is 2.79. The Morgan fingerprint density at radius 2 is 2.56 bits per heavy atom. The van der Waals surface area contributed by atoms with Crippen LogP contribution < -0.4 is 0 Å². The van der Waals surface area contributed by atoms with Gasteiger partial charge in [0, 0.05) is 7.11 Å². The number of methoxy groups -OCH3 is 1. The molecule has 0 N–H and O–H groups in total. The molecule has 0 fully saturated rings. The average molecular weight is 193 g/mol. The van der Waals surface area contributed by atoms with Crippen LogP contribution in [-0.2, 0) is 9.47 Å². The lowest BCUT2D eigenvalue weighted by Gasteiger charge is -2.21. The molecule has 0 aromatic heterocycles. The largest absolute Gasteiger partial charge is 0.354 e. The van der Waals surface area contributed by atoms with Gasteiger partial charge in [0.05, 0.1) is 11.4 Å². The van der Waals surface area contributed by atoms with Gasteiger partial charge in [0.15, 0.2) is 6.29 Å². The van der Waals surface area contributed by atoms with E-state index in [-0.39, 0.29) is 11.1 Å². The van der Waals surface area contributed by atoms with E-state index in [4.69, 9.17) is 9.47 Å². The summed E-state index contributed by atoms with van der Waals surface area (Å²) in [7, 11) is 1.64. The minimum atomic E-state index is -0.116. The highest BCUT2D eigenvalue weighted by Crippen LogP contribution is 2.15. The Labute approximate surface area is 63.0 Å². The quantitative estimate of drug-likeness (QED) is 0.461. The molecule has 0 spiro atoms. The van der Waals surface area contributed by atoms with E-state index in [1.807, 2.05) is 12.2 Å². The number of hydrogen-bond acceptors (Lipinski definition) is 2. The molecule has 1 aliphatic heterocycles. The maximum atomic E-state index is 5.18. The van der Waals surface area contributed by atoms with E-state index in [0.29, 0.717) is 6.61 Å². The molecule has 0 aromatic carbocycles. The fraction of sp³-hybridized carbons (Fsp3) is 0.667. The van der Waals surface area contributed by atoms with E-state index in [2.05, 4.69) is 15.9 Å². The number of halogens is 1. The van der Waals surface area contributed by atoms with E-state index in [1.54, 1.807) is 7.11 Å². The van der Waals surface area contributed by atoms with Crippen molar-refractivity contribution in [3.05, 3.63) is 12.2 Å². The molecule has 0 saturated carbocycles. The van der Waals surface area contributed by atoms with Crippen molar-refractivity contribution >= 4 is 15.9 Å². The summed E-state index contributed by atoms with van der Waals surface area (Å²) in [6.45, 7) is 0.653. The Bertz CT molecular complexity index is 114. The molecular weight excluding hydrogens is 184 g/mol. The van der Waals surface area contributed by atoms with Gasteiger partial charge < -0.3 is 9.47 Å². The summed E-state index contributed by atoms with van der Waals surface area (Å²) in [6.07, 6.45) is 3.88. The van der Waals surface area contributed by atoms with Crippen molar-refractivity contribution in [2.75, 3.05) is 13.7 Å². The van der Waals surface area contributed by atoms with Gasteiger partial charge in [0.1, 0.15) is 0 Å². The molecule has 0 amide bonds. The van der Waals surface area contributed by atoms with Crippen molar-refractivity contribution in [1.82, 2.24) is 0 Å². The second kappa shape index (κ2) is 3.34. The molecule has 0 saturated heterocycles. The smallest absolute Gasteiger partial charge is 0.173 e. The number of rotatable bonds is 1. The lowest BCUT2D eigenvalue weighted by Crippen LogP contribution is -2.27. The van der Waals surface area contributed by atoms with Gasteiger partial charge in [-0.3, -0.25) is 0 Å². The normalized spacial score (nSPS) is 34.9. The Morgan fingerprint density at radius 1 is 1.78 bits per heavy atom. The first kappa shape index (κ1) is 7.25. The summed E-state index contributed by atoms with van der Waals surface area (Å²) < 4.78 is 10.2. The SMILES string of the molecule is CO[C@@H]1OCC=C[C@H]1Br. The average Bonchev–Trinajstić information content (AvgIpc) is 1.89. The lowest BCUT2D eigenvalue weighted by molar-refractivity contribution is -0.112. The van der Waals surface area contributed by atoms with Crippen LogP contribution in [0.3, 0.4) is 0 Å². The van der Waals surface area contributed by atoms with Crippen molar-refractivity contribution < 1.29 is 9.47 Å². The molecule has 0 radical (unpaired) electrons. The van der Waals surface area contributed by atoms with Crippen molar-refractivity contribution in [2.24, 2.45) is 0 Å². The summed E-state index contributed by atoms with van der Waals surface area (Å²) in [6, 6.07) is 0. The van der Waals surface area contributed by atoms with E-state index in [9.17, 15) is 0 Å². The summed E-state index contributed by atoms with van der Waals surface area (Å²) in [4.78, 5) is 0.205. The minimum Gasteiger partial charge on any atom is -0.354 e. The van der Waals surface area contributed by atoms with Crippen LogP contribution in [0.5, 0.6) is 0 Å². The third-order valence-electron chi connectivity index (χ3n) is 1.17. The van der Waals surface area contributed by atoms with Crippen LogP contribution in [0.25, 0.3) is 0 Å². The van der Waals surface area contributed by atoms with Gasteiger partial charge in [-0.15, -0.1) is 0 Å². The molecule has 0 unspecified atom stereocenters. The fourth-order valence-electron chi connectivity index (χ4n) is 0.717. The Morgan fingerprint density at radius 3 is 3.00 bits per heavy atom. The predicted octanol–water partition coefficient (Wildman–Crippen LogP) is 1.31. The molecule has 1 heterocycles. The van der Waals surface area contributed by atoms with Crippen molar-refractivity contribution in [3.8, 4) is 0 Å². The zero-order chi connectivity index (χ0) is 6.69. The van der Waals surface area contributed by atoms with Gasteiger partial charge in [-0.2, -0.15) is 0 Å². The third-order valence-corrected chi connectivity index (χ3v) is 1.91. The molecule has 2 nitrogen and oxygen atoms in total. The monoisotopic (exact) mass is 192 g/mol. The zero-order valence-electron chi connectivity index (χ0n) is 5.21. The van der Waals surface area contributed by atoms with E-state index < -0.39 is 0 Å². The fourth-order valence-corrected chi connectivity index (χ4v) is 1.30. The lowest BCUT2D eigenvalue weighted by atomic mass is 10.3. The molecular formula is C6H9BrO2. The second-order valence-electron chi connectivity index (χ2n) is 1.81. The number of hydrogen-bond donors (Lipinski definition) is 0. The van der Waals surface area contributed by atoms with Gasteiger partial charge >= 0.3 is 0 Å². The van der Waals surface area contributed by atoms with E-state index in [0.717, 1.165) is 0 Å². The molecule has 52 valence electrons. The Hall–Kier alpha value is 0.140. The topological polar surface area (TPSA) is 18.5 Å². The van der Waals surface area contributed by atoms with Crippen LogP contribution in [-0.4, -0.2) is 24.8 Å². The maximum Gasteiger partial charge on any atom is 0.173 e. The molecule has 0 bridgehead atoms. The van der Waals surface area contributed by atoms with Crippen molar-refractivity contribution in [2.45, 2.75) is 11.1 Å². The predicted molar refractivity (Wildman–Crippen MR) is 38.6 cm³/mol. The van der Waals surface area contributed by atoms with Crippen LogP contribution in [0.1, 0.15) is 0 Å².